The number of nitriles is 1. The van der Waals surface area contributed by atoms with E-state index in [1.54, 1.807) is 25.4 Å². The van der Waals surface area contributed by atoms with Crippen LogP contribution in [-0.4, -0.2) is 13.4 Å². The first-order chi connectivity index (χ1) is 9.94. The summed E-state index contributed by atoms with van der Waals surface area (Å²) < 4.78 is 27.1. The number of benzene rings is 1. The van der Waals surface area contributed by atoms with E-state index < -0.39 is 10.0 Å². The fraction of sp³-hybridized carbons (Fsp3) is 0.200. The minimum Gasteiger partial charge on any atom is -0.264 e. The van der Waals surface area contributed by atoms with Gasteiger partial charge in [0.15, 0.2) is 0 Å². The van der Waals surface area contributed by atoms with Gasteiger partial charge in [-0.25, -0.2) is 13.1 Å². The monoisotopic (exact) mass is 301 g/mol. The van der Waals surface area contributed by atoms with Crippen molar-refractivity contribution < 1.29 is 8.42 Å². The van der Waals surface area contributed by atoms with Gasteiger partial charge >= 0.3 is 0 Å². The van der Waals surface area contributed by atoms with Crippen LogP contribution in [-0.2, 0) is 16.6 Å². The number of rotatable bonds is 4. The van der Waals surface area contributed by atoms with Crippen LogP contribution in [0.1, 0.15) is 22.3 Å². The number of hydrogen-bond acceptors (Lipinski definition) is 4. The molecule has 0 aliphatic heterocycles. The summed E-state index contributed by atoms with van der Waals surface area (Å²) in [7, 11) is -3.60. The topological polar surface area (TPSA) is 82.8 Å². The minimum atomic E-state index is -3.60. The third kappa shape index (κ3) is 3.45. The smallest absolute Gasteiger partial charge is 0.240 e. The number of aryl methyl sites for hydroxylation is 2. The lowest BCUT2D eigenvalue weighted by Crippen LogP contribution is -2.23. The van der Waals surface area contributed by atoms with Crippen LogP contribution in [0, 0.1) is 25.2 Å². The first-order valence-corrected chi connectivity index (χ1v) is 7.82. The zero-order chi connectivity index (χ0) is 15.5. The van der Waals surface area contributed by atoms with Gasteiger partial charge in [0.2, 0.25) is 10.0 Å². The molecule has 0 spiro atoms. The molecule has 21 heavy (non-hydrogen) atoms. The molecular formula is C15H15N3O2S. The van der Waals surface area contributed by atoms with Crippen LogP contribution in [0.15, 0.2) is 41.6 Å². The van der Waals surface area contributed by atoms with E-state index in [0.29, 0.717) is 11.1 Å². The molecule has 5 nitrogen and oxygen atoms in total. The lowest BCUT2D eigenvalue weighted by molar-refractivity contribution is 0.581. The van der Waals surface area contributed by atoms with E-state index in [2.05, 4.69) is 9.71 Å². The molecule has 6 heteroatoms. The van der Waals surface area contributed by atoms with Crippen molar-refractivity contribution in [3.8, 4) is 6.07 Å². The van der Waals surface area contributed by atoms with Gasteiger partial charge in [-0.05, 0) is 54.8 Å². The SMILES string of the molecule is Cc1cc(S(=O)(=O)NCc2ccncc2C)ccc1C#N. The molecule has 0 bridgehead atoms. The van der Waals surface area contributed by atoms with Crippen molar-refractivity contribution in [1.82, 2.24) is 9.71 Å². The highest BCUT2D eigenvalue weighted by molar-refractivity contribution is 7.89. The summed E-state index contributed by atoms with van der Waals surface area (Å²) in [4.78, 5) is 4.13. The van der Waals surface area contributed by atoms with E-state index in [-0.39, 0.29) is 11.4 Å². The van der Waals surface area contributed by atoms with Gasteiger partial charge in [-0.2, -0.15) is 5.26 Å². The average Bonchev–Trinajstić information content (AvgIpc) is 2.46. The Balaban J connectivity index is 2.21. The number of nitrogens with one attached hydrogen (secondary N) is 1. The van der Waals surface area contributed by atoms with E-state index in [4.69, 9.17) is 5.26 Å². The zero-order valence-corrected chi connectivity index (χ0v) is 12.6. The Morgan fingerprint density at radius 3 is 2.62 bits per heavy atom. The molecule has 2 rings (SSSR count). The van der Waals surface area contributed by atoms with Crippen molar-refractivity contribution in [1.29, 1.82) is 5.26 Å². The summed E-state index contributed by atoms with van der Waals surface area (Å²) in [5, 5.41) is 8.87. The van der Waals surface area contributed by atoms with Crippen LogP contribution < -0.4 is 4.72 Å². The second-order valence-electron chi connectivity index (χ2n) is 4.72. The fourth-order valence-electron chi connectivity index (χ4n) is 1.89. The highest BCUT2D eigenvalue weighted by atomic mass is 32.2. The lowest BCUT2D eigenvalue weighted by atomic mass is 10.1. The molecule has 0 unspecified atom stereocenters. The van der Waals surface area contributed by atoms with E-state index in [0.717, 1.165) is 11.1 Å². The van der Waals surface area contributed by atoms with Gasteiger partial charge in [0.1, 0.15) is 0 Å². The highest BCUT2D eigenvalue weighted by Gasteiger charge is 2.15. The maximum absolute atomic E-state index is 12.3. The number of sulfonamides is 1. The van der Waals surface area contributed by atoms with Crippen LogP contribution in [0.3, 0.4) is 0 Å². The van der Waals surface area contributed by atoms with Crippen LogP contribution in [0.2, 0.25) is 0 Å². The van der Waals surface area contributed by atoms with E-state index in [1.165, 1.54) is 18.2 Å². The van der Waals surface area contributed by atoms with Gasteiger partial charge in [-0.3, -0.25) is 4.98 Å². The molecule has 0 atom stereocenters. The highest BCUT2D eigenvalue weighted by Crippen LogP contribution is 2.15. The summed E-state index contributed by atoms with van der Waals surface area (Å²) in [6.45, 7) is 3.79. The Morgan fingerprint density at radius 2 is 2.00 bits per heavy atom. The van der Waals surface area contributed by atoms with E-state index in [1.807, 2.05) is 13.0 Å². The lowest BCUT2D eigenvalue weighted by Gasteiger charge is -2.09. The average molecular weight is 301 g/mol. The molecule has 1 heterocycles. The Kier molecular flexibility index (Phi) is 4.36. The number of pyridine rings is 1. The van der Waals surface area contributed by atoms with Gasteiger partial charge < -0.3 is 0 Å². The van der Waals surface area contributed by atoms with Gasteiger partial charge in [0.05, 0.1) is 16.5 Å². The second kappa shape index (κ2) is 6.04. The molecule has 0 aliphatic carbocycles. The predicted molar refractivity (Wildman–Crippen MR) is 78.9 cm³/mol. The van der Waals surface area contributed by atoms with Crippen molar-refractivity contribution in [2.45, 2.75) is 25.3 Å². The minimum absolute atomic E-state index is 0.158. The molecule has 1 N–H and O–H groups in total. The molecule has 1 aromatic heterocycles. The Labute approximate surface area is 124 Å². The third-order valence-corrected chi connectivity index (χ3v) is 4.62. The Morgan fingerprint density at radius 1 is 1.24 bits per heavy atom. The quantitative estimate of drug-likeness (QED) is 0.937. The normalized spacial score (nSPS) is 11.1. The second-order valence-corrected chi connectivity index (χ2v) is 6.48. The number of aromatic nitrogens is 1. The molecular weight excluding hydrogens is 286 g/mol. The van der Waals surface area contributed by atoms with Crippen molar-refractivity contribution in [3.63, 3.8) is 0 Å². The van der Waals surface area contributed by atoms with Gasteiger partial charge in [0.25, 0.3) is 0 Å². The molecule has 108 valence electrons. The fourth-order valence-corrected chi connectivity index (χ4v) is 2.98. The zero-order valence-electron chi connectivity index (χ0n) is 11.8. The van der Waals surface area contributed by atoms with Crippen LogP contribution >= 0.6 is 0 Å². The maximum Gasteiger partial charge on any atom is 0.240 e. The third-order valence-electron chi connectivity index (χ3n) is 3.22. The van der Waals surface area contributed by atoms with Crippen molar-refractivity contribution in [2.75, 3.05) is 0 Å². The van der Waals surface area contributed by atoms with Crippen LogP contribution in [0.5, 0.6) is 0 Å². The first-order valence-electron chi connectivity index (χ1n) is 6.34. The molecule has 1 aromatic carbocycles. The molecule has 0 radical (unpaired) electrons. The largest absolute Gasteiger partial charge is 0.264 e. The summed E-state index contributed by atoms with van der Waals surface area (Å²) in [5.74, 6) is 0. The molecule has 0 saturated carbocycles. The maximum atomic E-state index is 12.3. The summed E-state index contributed by atoms with van der Waals surface area (Å²) in [6, 6.07) is 8.25. The predicted octanol–water partition coefficient (Wildman–Crippen LogP) is 2.05. The number of hydrogen-bond donors (Lipinski definition) is 1. The van der Waals surface area contributed by atoms with Crippen LogP contribution in [0.25, 0.3) is 0 Å². The number of nitrogens with zero attached hydrogens (tertiary/aromatic N) is 2. The van der Waals surface area contributed by atoms with Gasteiger partial charge in [-0.15, -0.1) is 0 Å². The molecule has 0 fully saturated rings. The Hall–Kier alpha value is -2.23. The molecule has 0 amide bonds. The van der Waals surface area contributed by atoms with Crippen molar-refractivity contribution in [2.24, 2.45) is 0 Å². The standard InChI is InChI=1S/C15H15N3O2S/c1-11-7-15(4-3-13(11)8-16)21(19,20)18-10-14-5-6-17-9-12(14)2/h3-7,9,18H,10H2,1-2H3. The van der Waals surface area contributed by atoms with Gasteiger partial charge in [0, 0.05) is 18.9 Å². The van der Waals surface area contributed by atoms with E-state index >= 15 is 0 Å². The van der Waals surface area contributed by atoms with Crippen molar-refractivity contribution in [3.05, 3.63) is 58.9 Å². The summed E-state index contributed by atoms with van der Waals surface area (Å²) in [6.07, 6.45) is 3.32. The molecule has 2 aromatic rings. The first kappa shape index (κ1) is 15.2. The van der Waals surface area contributed by atoms with Crippen molar-refractivity contribution >= 4 is 10.0 Å². The molecule has 0 saturated heterocycles. The summed E-state index contributed by atoms with van der Waals surface area (Å²) >= 11 is 0. The summed E-state index contributed by atoms with van der Waals surface area (Å²) in [5.41, 5.74) is 2.91. The Bertz CT molecular complexity index is 808. The van der Waals surface area contributed by atoms with E-state index in [9.17, 15) is 8.42 Å². The van der Waals surface area contributed by atoms with Crippen LogP contribution in [0.4, 0.5) is 0 Å². The van der Waals surface area contributed by atoms with Gasteiger partial charge in [-0.1, -0.05) is 0 Å². The molecule has 0 aliphatic rings.